The van der Waals surface area contributed by atoms with E-state index in [-0.39, 0.29) is 12.6 Å². The number of anilines is 1. The highest BCUT2D eigenvalue weighted by Crippen LogP contribution is 2.08. The Hall–Kier alpha value is -1.13. The van der Waals surface area contributed by atoms with E-state index in [1.54, 1.807) is 0 Å². The van der Waals surface area contributed by atoms with Gasteiger partial charge in [0.25, 0.3) is 0 Å². The van der Waals surface area contributed by atoms with Crippen LogP contribution in [0.4, 0.5) is 5.82 Å². The Morgan fingerprint density at radius 1 is 1.50 bits per heavy atom. The molecule has 0 aliphatic carbocycles. The fourth-order valence-electron chi connectivity index (χ4n) is 1.39. The van der Waals surface area contributed by atoms with E-state index in [0.717, 1.165) is 24.5 Å². The van der Waals surface area contributed by atoms with E-state index in [4.69, 9.17) is 5.11 Å². The van der Waals surface area contributed by atoms with Crippen molar-refractivity contribution in [1.29, 1.82) is 0 Å². The third-order valence-electron chi connectivity index (χ3n) is 2.63. The summed E-state index contributed by atoms with van der Waals surface area (Å²) in [4.78, 5) is 6.41. The molecule has 0 fully saturated rings. The van der Waals surface area contributed by atoms with Gasteiger partial charge < -0.3 is 10.4 Å². The molecule has 1 aromatic heterocycles. The molecule has 0 aliphatic heterocycles. The third kappa shape index (κ3) is 3.79. The Kier molecular flexibility index (Phi) is 5.22. The predicted octanol–water partition coefficient (Wildman–Crippen LogP) is 1.33. The van der Waals surface area contributed by atoms with E-state index < -0.39 is 0 Å². The van der Waals surface area contributed by atoms with Crippen molar-refractivity contribution in [2.24, 2.45) is 0 Å². The van der Waals surface area contributed by atoms with Crippen molar-refractivity contribution in [2.75, 3.05) is 25.5 Å². The van der Waals surface area contributed by atoms with Gasteiger partial charge in [-0.1, -0.05) is 6.07 Å². The molecule has 1 heterocycles. The van der Waals surface area contributed by atoms with Crippen LogP contribution in [0.15, 0.2) is 18.3 Å². The summed E-state index contributed by atoms with van der Waals surface area (Å²) >= 11 is 0. The second kappa shape index (κ2) is 6.45. The Morgan fingerprint density at radius 2 is 2.25 bits per heavy atom. The monoisotopic (exact) mass is 223 g/mol. The van der Waals surface area contributed by atoms with Crippen LogP contribution in [-0.2, 0) is 6.54 Å². The van der Waals surface area contributed by atoms with E-state index in [1.165, 1.54) is 0 Å². The lowest BCUT2D eigenvalue weighted by atomic mass is 10.2. The van der Waals surface area contributed by atoms with Gasteiger partial charge in [-0.2, -0.15) is 0 Å². The zero-order valence-electron chi connectivity index (χ0n) is 10.3. The summed E-state index contributed by atoms with van der Waals surface area (Å²) in [6.45, 7) is 5.92. The van der Waals surface area contributed by atoms with E-state index in [1.807, 2.05) is 33.2 Å². The van der Waals surface area contributed by atoms with Gasteiger partial charge in [0, 0.05) is 25.3 Å². The van der Waals surface area contributed by atoms with Crippen LogP contribution in [0.3, 0.4) is 0 Å². The van der Waals surface area contributed by atoms with Crippen LogP contribution in [0.25, 0.3) is 0 Å². The summed E-state index contributed by atoms with van der Waals surface area (Å²) < 4.78 is 0. The fourth-order valence-corrected chi connectivity index (χ4v) is 1.39. The zero-order chi connectivity index (χ0) is 12.0. The number of aliphatic hydroxyl groups is 1. The molecule has 0 bridgehead atoms. The fraction of sp³-hybridized carbons (Fsp3) is 0.583. The van der Waals surface area contributed by atoms with Crippen LogP contribution in [0.2, 0.25) is 0 Å². The van der Waals surface area contributed by atoms with Gasteiger partial charge in [-0.15, -0.1) is 0 Å². The molecule has 0 spiro atoms. The quantitative estimate of drug-likeness (QED) is 0.764. The zero-order valence-corrected chi connectivity index (χ0v) is 10.3. The first-order chi connectivity index (χ1) is 7.67. The van der Waals surface area contributed by atoms with Crippen molar-refractivity contribution in [3.05, 3.63) is 23.9 Å². The van der Waals surface area contributed by atoms with Crippen LogP contribution < -0.4 is 5.32 Å². The van der Waals surface area contributed by atoms with Gasteiger partial charge in [0.05, 0.1) is 6.61 Å². The molecule has 4 nitrogen and oxygen atoms in total. The van der Waals surface area contributed by atoms with Crippen molar-refractivity contribution in [3.63, 3.8) is 0 Å². The van der Waals surface area contributed by atoms with Crippen LogP contribution in [0.5, 0.6) is 0 Å². The van der Waals surface area contributed by atoms with Gasteiger partial charge in [0.1, 0.15) is 5.82 Å². The summed E-state index contributed by atoms with van der Waals surface area (Å²) in [5, 5.41) is 12.2. The lowest BCUT2D eigenvalue weighted by Gasteiger charge is -2.22. The van der Waals surface area contributed by atoms with Gasteiger partial charge in [-0.05, 0) is 32.5 Å². The first-order valence-electron chi connectivity index (χ1n) is 5.67. The highest BCUT2D eigenvalue weighted by Gasteiger charge is 2.08. The first-order valence-corrected chi connectivity index (χ1v) is 5.67. The maximum Gasteiger partial charge on any atom is 0.125 e. The number of rotatable bonds is 6. The smallest absolute Gasteiger partial charge is 0.125 e. The molecule has 0 saturated carbocycles. The Morgan fingerprint density at radius 3 is 2.75 bits per heavy atom. The SMILES string of the molecule is CCNc1ccc(CN(C)C(C)CO)cn1. The van der Waals surface area contributed by atoms with Gasteiger partial charge in [0.2, 0.25) is 0 Å². The van der Waals surface area contributed by atoms with Crippen molar-refractivity contribution in [1.82, 2.24) is 9.88 Å². The Balaban J connectivity index is 2.54. The average Bonchev–Trinajstić information content (AvgIpc) is 2.31. The number of aromatic nitrogens is 1. The minimum absolute atomic E-state index is 0.174. The van der Waals surface area contributed by atoms with E-state index in [2.05, 4.69) is 21.3 Å². The number of hydrogen-bond acceptors (Lipinski definition) is 4. The molecule has 16 heavy (non-hydrogen) atoms. The molecule has 1 unspecified atom stereocenters. The lowest BCUT2D eigenvalue weighted by Crippen LogP contribution is -2.31. The third-order valence-corrected chi connectivity index (χ3v) is 2.63. The molecule has 0 saturated heterocycles. The topological polar surface area (TPSA) is 48.4 Å². The molecule has 0 radical (unpaired) electrons. The number of hydrogen-bond donors (Lipinski definition) is 2. The normalized spacial score (nSPS) is 12.8. The molecule has 0 aliphatic rings. The lowest BCUT2D eigenvalue weighted by molar-refractivity contribution is 0.154. The molecular formula is C12H21N3O. The molecular weight excluding hydrogens is 202 g/mol. The first kappa shape index (κ1) is 12.9. The molecule has 1 aromatic rings. The van der Waals surface area contributed by atoms with Gasteiger partial charge >= 0.3 is 0 Å². The van der Waals surface area contributed by atoms with E-state index in [0.29, 0.717) is 0 Å². The summed E-state index contributed by atoms with van der Waals surface area (Å²) in [5.74, 6) is 0.907. The van der Waals surface area contributed by atoms with Crippen LogP contribution in [0.1, 0.15) is 19.4 Å². The molecule has 90 valence electrons. The van der Waals surface area contributed by atoms with Crippen molar-refractivity contribution in [3.8, 4) is 0 Å². The minimum atomic E-state index is 0.174. The van der Waals surface area contributed by atoms with E-state index in [9.17, 15) is 0 Å². The second-order valence-electron chi connectivity index (χ2n) is 4.03. The maximum atomic E-state index is 9.03. The summed E-state index contributed by atoms with van der Waals surface area (Å²) in [6.07, 6.45) is 1.87. The van der Waals surface area contributed by atoms with Crippen molar-refractivity contribution < 1.29 is 5.11 Å². The standard InChI is InChI=1S/C12H21N3O/c1-4-13-12-6-5-11(7-14-12)8-15(3)10(2)9-16/h5-7,10,16H,4,8-9H2,1-3H3,(H,13,14). The molecule has 4 heteroatoms. The summed E-state index contributed by atoms with van der Waals surface area (Å²) in [7, 11) is 2.00. The van der Waals surface area contributed by atoms with Crippen LogP contribution in [-0.4, -0.2) is 41.2 Å². The number of pyridine rings is 1. The van der Waals surface area contributed by atoms with Crippen molar-refractivity contribution >= 4 is 5.82 Å². The van der Waals surface area contributed by atoms with Crippen molar-refractivity contribution in [2.45, 2.75) is 26.4 Å². The van der Waals surface area contributed by atoms with Crippen LogP contribution in [0, 0.1) is 0 Å². The number of likely N-dealkylation sites (N-methyl/N-ethyl adjacent to an activating group) is 1. The number of nitrogens with zero attached hydrogens (tertiary/aromatic N) is 2. The summed E-state index contributed by atoms with van der Waals surface area (Å²) in [5.41, 5.74) is 1.16. The Labute approximate surface area is 97.3 Å². The van der Waals surface area contributed by atoms with Gasteiger partial charge in [-0.3, -0.25) is 4.90 Å². The predicted molar refractivity (Wildman–Crippen MR) is 66.4 cm³/mol. The second-order valence-corrected chi connectivity index (χ2v) is 4.03. The Bertz CT molecular complexity index is 300. The summed E-state index contributed by atoms with van der Waals surface area (Å²) in [6, 6.07) is 4.22. The highest BCUT2D eigenvalue weighted by atomic mass is 16.3. The van der Waals surface area contributed by atoms with Gasteiger partial charge in [0.15, 0.2) is 0 Å². The maximum absolute atomic E-state index is 9.03. The molecule has 1 rings (SSSR count). The number of nitrogens with one attached hydrogen (secondary N) is 1. The minimum Gasteiger partial charge on any atom is -0.395 e. The average molecular weight is 223 g/mol. The highest BCUT2D eigenvalue weighted by molar-refractivity contribution is 5.35. The molecule has 0 aromatic carbocycles. The molecule has 2 N–H and O–H groups in total. The largest absolute Gasteiger partial charge is 0.395 e. The van der Waals surface area contributed by atoms with Gasteiger partial charge in [-0.25, -0.2) is 4.98 Å². The molecule has 0 amide bonds. The van der Waals surface area contributed by atoms with Crippen LogP contribution >= 0.6 is 0 Å². The van der Waals surface area contributed by atoms with E-state index >= 15 is 0 Å². The number of aliphatic hydroxyl groups excluding tert-OH is 1. The molecule has 1 atom stereocenters.